The van der Waals surface area contributed by atoms with Crippen molar-refractivity contribution < 1.29 is 4.79 Å². The number of pyridine rings is 1. The molecule has 0 aromatic carbocycles. The monoisotopic (exact) mass is 300 g/mol. The second-order valence-electron chi connectivity index (χ2n) is 5.89. The van der Waals surface area contributed by atoms with Crippen molar-refractivity contribution in [3.63, 3.8) is 0 Å². The number of aromatic nitrogens is 1. The molecule has 1 amide bonds. The molecule has 1 aromatic heterocycles. The van der Waals surface area contributed by atoms with Gasteiger partial charge in [0.2, 0.25) is 5.91 Å². The number of hydrogen-bond acceptors (Lipinski definition) is 4. The van der Waals surface area contributed by atoms with Crippen LogP contribution >= 0.6 is 0 Å². The first-order chi connectivity index (χ1) is 10.6. The summed E-state index contributed by atoms with van der Waals surface area (Å²) in [6, 6.07) is 3.96. The standard InChI is InChI=1S/C17H24N4O/c1-4-9-21-10-7-15(8-11-21)17(22)19-13-14-5-6-16(18-12-14)20(2)3/h1,5-6,12,15H,7-11,13H2,2-3H3,(H,19,22). The number of terminal acetylenes is 1. The molecule has 118 valence electrons. The van der Waals surface area contributed by atoms with Crippen LogP contribution in [0.25, 0.3) is 0 Å². The van der Waals surface area contributed by atoms with Crippen molar-refractivity contribution in [2.45, 2.75) is 19.4 Å². The van der Waals surface area contributed by atoms with Crippen molar-refractivity contribution in [3.05, 3.63) is 23.9 Å². The highest BCUT2D eigenvalue weighted by atomic mass is 16.1. The first-order valence-electron chi connectivity index (χ1n) is 7.66. The van der Waals surface area contributed by atoms with E-state index in [1.54, 1.807) is 0 Å². The fourth-order valence-electron chi connectivity index (χ4n) is 2.60. The molecule has 1 aromatic rings. The Kier molecular flexibility index (Phi) is 5.79. The highest BCUT2D eigenvalue weighted by Gasteiger charge is 2.24. The van der Waals surface area contributed by atoms with Gasteiger partial charge in [-0.05, 0) is 37.6 Å². The van der Waals surface area contributed by atoms with E-state index in [9.17, 15) is 4.79 Å². The molecular formula is C17H24N4O. The van der Waals surface area contributed by atoms with Crippen LogP contribution in [-0.4, -0.2) is 49.5 Å². The average Bonchev–Trinajstić information content (AvgIpc) is 2.54. The van der Waals surface area contributed by atoms with Crippen molar-refractivity contribution in [1.29, 1.82) is 0 Å². The average molecular weight is 300 g/mol. The minimum Gasteiger partial charge on any atom is -0.363 e. The van der Waals surface area contributed by atoms with Gasteiger partial charge in [0.15, 0.2) is 0 Å². The van der Waals surface area contributed by atoms with E-state index in [1.807, 2.05) is 37.3 Å². The Bertz CT molecular complexity index is 525. The maximum atomic E-state index is 12.2. The van der Waals surface area contributed by atoms with Crippen molar-refractivity contribution in [3.8, 4) is 12.3 Å². The maximum Gasteiger partial charge on any atom is 0.223 e. The van der Waals surface area contributed by atoms with Crippen LogP contribution in [-0.2, 0) is 11.3 Å². The zero-order chi connectivity index (χ0) is 15.9. The molecule has 22 heavy (non-hydrogen) atoms. The Morgan fingerprint density at radius 3 is 2.73 bits per heavy atom. The lowest BCUT2D eigenvalue weighted by atomic mass is 9.96. The summed E-state index contributed by atoms with van der Waals surface area (Å²) in [6.45, 7) is 3.02. The number of carbonyl (C=O) groups is 1. The number of nitrogens with one attached hydrogen (secondary N) is 1. The third-order valence-corrected chi connectivity index (χ3v) is 4.01. The molecule has 5 heteroatoms. The van der Waals surface area contributed by atoms with Crippen LogP contribution in [0.15, 0.2) is 18.3 Å². The van der Waals surface area contributed by atoms with Crippen molar-refractivity contribution in [2.75, 3.05) is 38.6 Å². The zero-order valence-corrected chi connectivity index (χ0v) is 13.4. The van der Waals surface area contributed by atoms with Crippen LogP contribution in [0.2, 0.25) is 0 Å². The Morgan fingerprint density at radius 1 is 1.45 bits per heavy atom. The summed E-state index contributed by atoms with van der Waals surface area (Å²) in [6.07, 6.45) is 8.89. The molecule has 1 N–H and O–H groups in total. The number of carbonyl (C=O) groups excluding carboxylic acids is 1. The number of nitrogens with zero attached hydrogens (tertiary/aromatic N) is 3. The normalized spacial score (nSPS) is 16.0. The van der Waals surface area contributed by atoms with Crippen LogP contribution in [0.1, 0.15) is 18.4 Å². The molecule has 2 heterocycles. The molecule has 0 bridgehead atoms. The highest BCUT2D eigenvalue weighted by Crippen LogP contribution is 2.17. The quantitative estimate of drug-likeness (QED) is 0.828. The van der Waals surface area contributed by atoms with E-state index in [2.05, 4.69) is 21.1 Å². The van der Waals surface area contributed by atoms with E-state index >= 15 is 0 Å². The predicted octanol–water partition coefficient (Wildman–Crippen LogP) is 1.11. The lowest BCUT2D eigenvalue weighted by molar-refractivity contribution is -0.126. The minimum atomic E-state index is 0.100. The summed E-state index contributed by atoms with van der Waals surface area (Å²) in [5.74, 6) is 3.80. The van der Waals surface area contributed by atoms with Gasteiger partial charge in [-0.2, -0.15) is 0 Å². The molecule has 2 rings (SSSR count). The lowest BCUT2D eigenvalue weighted by Crippen LogP contribution is -2.40. The third-order valence-electron chi connectivity index (χ3n) is 4.01. The Balaban J connectivity index is 1.77. The van der Waals surface area contributed by atoms with Gasteiger partial charge in [-0.3, -0.25) is 9.69 Å². The van der Waals surface area contributed by atoms with Crippen LogP contribution < -0.4 is 10.2 Å². The topological polar surface area (TPSA) is 48.5 Å². The molecule has 0 unspecified atom stereocenters. The van der Waals surface area contributed by atoms with Gasteiger partial charge in [0.05, 0.1) is 6.54 Å². The maximum absolute atomic E-state index is 12.2. The van der Waals surface area contributed by atoms with E-state index in [-0.39, 0.29) is 11.8 Å². The molecule has 1 aliphatic heterocycles. The largest absolute Gasteiger partial charge is 0.363 e. The van der Waals surface area contributed by atoms with Crippen LogP contribution in [0.5, 0.6) is 0 Å². The number of piperidine rings is 1. The van der Waals surface area contributed by atoms with Crippen LogP contribution in [0.3, 0.4) is 0 Å². The summed E-state index contributed by atoms with van der Waals surface area (Å²) in [4.78, 5) is 20.7. The van der Waals surface area contributed by atoms with Gasteiger partial charge in [0.1, 0.15) is 5.82 Å². The number of amides is 1. The van der Waals surface area contributed by atoms with Crippen LogP contribution in [0, 0.1) is 18.3 Å². The third kappa shape index (κ3) is 4.47. The zero-order valence-electron chi connectivity index (χ0n) is 13.4. The Hall–Kier alpha value is -2.06. The van der Waals surface area contributed by atoms with Gasteiger partial charge in [0, 0.05) is 32.8 Å². The molecular weight excluding hydrogens is 276 g/mol. The smallest absolute Gasteiger partial charge is 0.223 e. The Labute approximate surface area is 132 Å². The number of rotatable bonds is 5. The second kappa shape index (κ2) is 7.81. The van der Waals surface area contributed by atoms with Gasteiger partial charge in [0.25, 0.3) is 0 Å². The van der Waals surface area contributed by atoms with Crippen molar-refractivity contribution in [1.82, 2.24) is 15.2 Å². The summed E-state index contributed by atoms with van der Waals surface area (Å²) >= 11 is 0. The SMILES string of the molecule is C#CCN1CCC(C(=O)NCc2ccc(N(C)C)nc2)CC1. The molecule has 1 fully saturated rings. The lowest BCUT2D eigenvalue weighted by Gasteiger charge is -2.29. The van der Waals surface area contributed by atoms with Gasteiger partial charge in [-0.15, -0.1) is 6.42 Å². The molecule has 1 saturated heterocycles. The number of anilines is 1. The van der Waals surface area contributed by atoms with E-state index in [4.69, 9.17) is 6.42 Å². The van der Waals surface area contributed by atoms with Crippen molar-refractivity contribution >= 4 is 11.7 Å². The fraction of sp³-hybridized carbons (Fsp3) is 0.529. The molecule has 0 spiro atoms. The van der Waals surface area contributed by atoms with E-state index in [0.717, 1.165) is 37.3 Å². The van der Waals surface area contributed by atoms with Gasteiger partial charge < -0.3 is 10.2 Å². The molecule has 1 aliphatic rings. The molecule has 0 saturated carbocycles. The van der Waals surface area contributed by atoms with E-state index in [1.165, 1.54) is 0 Å². The minimum absolute atomic E-state index is 0.100. The highest BCUT2D eigenvalue weighted by molar-refractivity contribution is 5.78. The Morgan fingerprint density at radius 2 is 2.18 bits per heavy atom. The van der Waals surface area contributed by atoms with E-state index in [0.29, 0.717) is 13.1 Å². The first kappa shape index (κ1) is 16.3. The summed E-state index contributed by atoms with van der Waals surface area (Å²) < 4.78 is 0. The van der Waals surface area contributed by atoms with E-state index < -0.39 is 0 Å². The van der Waals surface area contributed by atoms with Gasteiger partial charge >= 0.3 is 0 Å². The summed E-state index contributed by atoms with van der Waals surface area (Å²) in [5.41, 5.74) is 1.02. The second-order valence-corrected chi connectivity index (χ2v) is 5.89. The molecule has 0 atom stereocenters. The van der Waals surface area contributed by atoms with Crippen molar-refractivity contribution in [2.24, 2.45) is 5.92 Å². The molecule has 5 nitrogen and oxygen atoms in total. The van der Waals surface area contributed by atoms with Gasteiger partial charge in [-0.1, -0.05) is 12.0 Å². The number of hydrogen-bond donors (Lipinski definition) is 1. The number of likely N-dealkylation sites (tertiary alicyclic amines) is 1. The summed E-state index contributed by atoms with van der Waals surface area (Å²) in [5, 5.41) is 3.01. The summed E-state index contributed by atoms with van der Waals surface area (Å²) in [7, 11) is 3.91. The molecule has 0 aliphatic carbocycles. The molecule has 0 radical (unpaired) electrons. The van der Waals surface area contributed by atoms with Crippen LogP contribution in [0.4, 0.5) is 5.82 Å². The first-order valence-corrected chi connectivity index (χ1v) is 7.66. The van der Waals surface area contributed by atoms with Gasteiger partial charge in [-0.25, -0.2) is 4.98 Å². The predicted molar refractivity (Wildman–Crippen MR) is 88.4 cm³/mol. The fourth-order valence-corrected chi connectivity index (χ4v) is 2.60.